The number of fused-ring (bicyclic) bond motifs is 2. The van der Waals surface area contributed by atoms with Gasteiger partial charge in [-0.25, -0.2) is 9.37 Å². The van der Waals surface area contributed by atoms with E-state index in [1.165, 1.54) is 19.2 Å². The van der Waals surface area contributed by atoms with E-state index in [9.17, 15) is 9.18 Å². The van der Waals surface area contributed by atoms with Crippen molar-refractivity contribution in [1.82, 2.24) is 35.0 Å². The maximum Gasteiger partial charge on any atom is 0.238 e. The molecule has 6 aromatic rings. The number of nitrogens with zero attached hydrogens (tertiary/aromatic N) is 5. The molecule has 11 heteroatoms. The zero-order valence-electron chi connectivity index (χ0n) is 22.0. The molecule has 0 bridgehead atoms. The van der Waals surface area contributed by atoms with E-state index in [2.05, 4.69) is 30.5 Å². The fourth-order valence-corrected chi connectivity index (χ4v) is 4.60. The van der Waals surface area contributed by atoms with E-state index in [4.69, 9.17) is 9.72 Å². The first-order valence-corrected chi connectivity index (χ1v) is 12.5. The van der Waals surface area contributed by atoms with E-state index in [1.807, 2.05) is 44.4 Å². The smallest absolute Gasteiger partial charge is 0.238 e. The van der Waals surface area contributed by atoms with E-state index in [0.717, 1.165) is 27.5 Å². The highest BCUT2D eigenvalue weighted by Gasteiger charge is 2.17. The van der Waals surface area contributed by atoms with Crippen molar-refractivity contribution >= 4 is 33.5 Å². The van der Waals surface area contributed by atoms with Gasteiger partial charge < -0.3 is 19.9 Å². The quantitative estimate of drug-likeness (QED) is 0.266. The highest BCUT2D eigenvalue weighted by Crippen LogP contribution is 2.34. The molecule has 10 nitrogen and oxygen atoms in total. The van der Waals surface area contributed by atoms with Crippen LogP contribution in [0.3, 0.4) is 0 Å². The molecule has 0 atom stereocenters. The maximum absolute atomic E-state index is 14.3. The molecule has 0 aliphatic rings. The summed E-state index contributed by atoms with van der Waals surface area (Å²) < 4.78 is 19.5. The number of para-hydroxylation sites is 1. The Morgan fingerprint density at radius 1 is 1.05 bits per heavy atom. The number of hydrogen-bond donors (Lipinski definition) is 3. The fourth-order valence-electron chi connectivity index (χ4n) is 4.60. The monoisotopic (exact) mass is 536 g/mol. The van der Waals surface area contributed by atoms with Crippen LogP contribution in [0, 0.1) is 5.82 Å². The largest absolute Gasteiger partial charge is 0.497 e. The van der Waals surface area contributed by atoms with Crippen LogP contribution >= 0.6 is 0 Å². The van der Waals surface area contributed by atoms with Crippen LogP contribution in [-0.2, 0) is 4.79 Å². The number of aromatic amines is 2. The summed E-state index contributed by atoms with van der Waals surface area (Å²) in [6, 6.07) is 14.0. The summed E-state index contributed by atoms with van der Waals surface area (Å²) in [6.07, 6.45) is 4.99. The van der Waals surface area contributed by atoms with E-state index >= 15 is 0 Å². The third-order valence-corrected chi connectivity index (χ3v) is 6.38. The number of rotatable bonds is 7. The van der Waals surface area contributed by atoms with Gasteiger partial charge in [-0.15, -0.1) is 0 Å². The molecular weight excluding hydrogens is 511 g/mol. The molecule has 3 N–H and O–H groups in total. The Kier molecular flexibility index (Phi) is 6.40. The molecule has 6 rings (SSSR count). The number of anilines is 1. The minimum Gasteiger partial charge on any atom is -0.497 e. The number of imidazole rings is 1. The zero-order valence-corrected chi connectivity index (χ0v) is 22.0. The number of methoxy groups -OCH3 is 1. The fraction of sp³-hybridized carbons (Fsp3) is 0.138. The Morgan fingerprint density at radius 2 is 1.93 bits per heavy atom. The number of ether oxygens (including phenoxy) is 1. The van der Waals surface area contributed by atoms with Gasteiger partial charge in [-0.1, -0.05) is 12.1 Å². The average Bonchev–Trinajstić information content (AvgIpc) is 3.56. The number of benzene rings is 2. The van der Waals surface area contributed by atoms with Crippen LogP contribution < -0.4 is 10.1 Å². The van der Waals surface area contributed by atoms with E-state index < -0.39 is 5.82 Å². The second-order valence-electron chi connectivity index (χ2n) is 9.60. The second kappa shape index (κ2) is 10.2. The zero-order chi connectivity index (χ0) is 27.8. The number of amides is 1. The number of carbonyl (C=O) groups excluding carboxylic acids is 1. The van der Waals surface area contributed by atoms with Crippen LogP contribution in [0.15, 0.2) is 67.1 Å². The minimum absolute atomic E-state index is 0.134. The van der Waals surface area contributed by atoms with Crippen LogP contribution in [0.2, 0.25) is 0 Å². The van der Waals surface area contributed by atoms with Gasteiger partial charge in [0, 0.05) is 28.8 Å². The third-order valence-electron chi connectivity index (χ3n) is 6.38. The van der Waals surface area contributed by atoms with Gasteiger partial charge in [-0.05, 0) is 50.0 Å². The molecule has 0 spiro atoms. The predicted octanol–water partition coefficient (Wildman–Crippen LogP) is 4.88. The molecule has 40 heavy (non-hydrogen) atoms. The van der Waals surface area contributed by atoms with Gasteiger partial charge in [0.1, 0.15) is 17.3 Å². The number of nitrogens with one attached hydrogen (secondary N) is 3. The summed E-state index contributed by atoms with van der Waals surface area (Å²) in [5.41, 5.74) is 6.21. The number of carbonyl (C=O) groups is 1. The molecular formula is C29H25FN8O2. The Bertz CT molecular complexity index is 1880. The van der Waals surface area contributed by atoms with Crippen molar-refractivity contribution in [2.75, 3.05) is 33.1 Å². The van der Waals surface area contributed by atoms with Crippen molar-refractivity contribution < 1.29 is 13.9 Å². The van der Waals surface area contributed by atoms with Crippen LogP contribution in [0.25, 0.3) is 55.8 Å². The number of pyridine rings is 2. The standard InChI is InChI=1S/C29H25FN8O2/c1-38(2)15-26(39)33-19-8-17(12-31-13-19)24-11-22-25(14-32-24)36-37-28(22)29-34-23-6-4-5-21(27(23)35-29)16-7-18(30)10-20(9-16)40-3/h4-14H,15H2,1-3H3,(H,33,39)(H,34,35)(H,36,37). The number of likely N-dealkylation sites (N-methyl/N-ethyl adjacent to an activating group) is 1. The van der Waals surface area contributed by atoms with Crippen LogP contribution in [0.1, 0.15) is 0 Å². The molecule has 0 saturated heterocycles. The molecule has 0 radical (unpaired) electrons. The summed E-state index contributed by atoms with van der Waals surface area (Å²) in [5, 5.41) is 11.2. The van der Waals surface area contributed by atoms with Crippen LogP contribution in [0.4, 0.5) is 10.1 Å². The number of hydrogen-bond acceptors (Lipinski definition) is 7. The Morgan fingerprint density at radius 3 is 2.75 bits per heavy atom. The van der Waals surface area contributed by atoms with Crippen molar-refractivity contribution in [2.24, 2.45) is 0 Å². The van der Waals surface area contributed by atoms with Crippen LogP contribution in [0.5, 0.6) is 5.75 Å². The van der Waals surface area contributed by atoms with Gasteiger partial charge in [-0.3, -0.25) is 19.9 Å². The molecule has 2 aromatic carbocycles. The van der Waals surface area contributed by atoms with Crippen LogP contribution in [-0.4, -0.2) is 68.7 Å². The van der Waals surface area contributed by atoms with Gasteiger partial charge in [0.05, 0.1) is 54.0 Å². The van der Waals surface area contributed by atoms with Crippen molar-refractivity contribution in [2.45, 2.75) is 0 Å². The molecule has 0 unspecified atom stereocenters. The molecule has 4 heterocycles. The molecule has 0 aliphatic heterocycles. The van der Waals surface area contributed by atoms with Crippen molar-refractivity contribution in [3.8, 4) is 39.7 Å². The average molecular weight is 537 g/mol. The van der Waals surface area contributed by atoms with Crippen molar-refractivity contribution in [1.29, 1.82) is 0 Å². The van der Waals surface area contributed by atoms with Gasteiger partial charge in [0.15, 0.2) is 5.82 Å². The van der Waals surface area contributed by atoms with Gasteiger partial charge >= 0.3 is 0 Å². The summed E-state index contributed by atoms with van der Waals surface area (Å²) in [7, 11) is 5.17. The van der Waals surface area contributed by atoms with Crippen molar-refractivity contribution in [3.05, 3.63) is 72.9 Å². The summed E-state index contributed by atoms with van der Waals surface area (Å²) >= 11 is 0. The van der Waals surface area contributed by atoms with Gasteiger partial charge in [-0.2, -0.15) is 5.10 Å². The SMILES string of the molecule is COc1cc(F)cc(-c2cccc3[nH]c(-c4n[nH]c5cnc(-c6cncc(NC(=O)CN(C)C)c6)cc45)nc23)c1. The highest BCUT2D eigenvalue weighted by atomic mass is 19.1. The Hall–Kier alpha value is -5.16. The predicted molar refractivity (Wildman–Crippen MR) is 151 cm³/mol. The first-order valence-electron chi connectivity index (χ1n) is 12.5. The minimum atomic E-state index is -0.392. The number of halogens is 1. The van der Waals surface area contributed by atoms with E-state index in [1.54, 1.807) is 29.6 Å². The number of H-pyrrole nitrogens is 2. The Balaban J connectivity index is 1.38. The van der Waals surface area contributed by atoms with Gasteiger partial charge in [0.2, 0.25) is 5.91 Å². The summed E-state index contributed by atoms with van der Waals surface area (Å²) in [5.74, 6) is 0.454. The lowest BCUT2D eigenvalue weighted by Crippen LogP contribution is -2.27. The molecule has 0 aliphatic carbocycles. The number of aromatic nitrogens is 6. The van der Waals surface area contributed by atoms with E-state index in [-0.39, 0.29) is 12.5 Å². The molecule has 0 fully saturated rings. The molecule has 0 saturated carbocycles. The molecule has 4 aromatic heterocycles. The summed E-state index contributed by atoms with van der Waals surface area (Å²) in [4.78, 5) is 31.0. The normalized spacial score (nSPS) is 11.4. The van der Waals surface area contributed by atoms with Crippen molar-refractivity contribution in [3.63, 3.8) is 0 Å². The lowest BCUT2D eigenvalue weighted by atomic mass is 10.0. The topological polar surface area (TPSA) is 125 Å². The highest BCUT2D eigenvalue weighted by molar-refractivity contribution is 5.98. The lowest BCUT2D eigenvalue weighted by molar-refractivity contribution is -0.116. The first kappa shape index (κ1) is 25.1. The van der Waals surface area contributed by atoms with Gasteiger partial charge in [0.25, 0.3) is 0 Å². The second-order valence-corrected chi connectivity index (χ2v) is 9.60. The first-order chi connectivity index (χ1) is 19.4. The third kappa shape index (κ3) is 4.85. The molecule has 200 valence electrons. The lowest BCUT2D eigenvalue weighted by Gasteiger charge is -2.10. The maximum atomic E-state index is 14.3. The summed E-state index contributed by atoms with van der Waals surface area (Å²) in [6.45, 7) is 0.263. The Labute approximate surface area is 228 Å². The molecule has 1 amide bonds. The van der Waals surface area contributed by atoms with E-state index in [0.29, 0.717) is 39.7 Å².